The average Bonchev–Trinajstić information content (AvgIpc) is 2.99. The monoisotopic (exact) mass is 378 g/mol. The van der Waals surface area contributed by atoms with Crippen LogP contribution in [0, 0.1) is 13.8 Å². The number of anilines is 1. The minimum atomic E-state index is -0.320. The molecule has 0 fully saturated rings. The lowest BCUT2D eigenvalue weighted by Crippen LogP contribution is -2.30. The van der Waals surface area contributed by atoms with Crippen LogP contribution in [-0.2, 0) is 0 Å². The molecule has 0 bridgehead atoms. The van der Waals surface area contributed by atoms with E-state index in [9.17, 15) is 9.59 Å². The molecule has 2 amide bonds. The third-order valence-corrected chi connectivity index (χ3v) is 5.44. The Bertz CT molecular complexity index is 1290. The van der Waals surface area contributed by atoms with E-state index in [1.807, 2.05) is 86.6 Å². The molecule has 3 aromatic carbocycles. The Balaban J connectivity index is 1.85. The van der Waals surface area contributed by atoms with E-state index < -0.39 is 0 Å². The van der Waals surface area contributed by atoms with Gasteiger partial charge in [0.1, 0.15) is 0 Å². The topological polar surface area (TPSA) is 50.3 Å². The normalized spacial score (nSPS) is 13.2. The van der Waals surface area contributed by atoms with Crippen LogP contribution >= 0.6 is 0 Å². The zero-order chi connectivity index (χ0) is 20.1. The number of benzene rings is 3. The fraction of sp³-hybridized carbons (Fsp3) is 0.0800. The highest BCUT2D eigenvalue weighted by molar-refractivity contribution is 6.39. The molecule has 4 heteroatoms. The van der Waals surface area contributed by atoms with Crippen molar-refractivity contribution in [2.45, 2.75) is 13.8 Å². The van der Waals surface area contributed by atoms with Gasteiger partial charge in [-0.1, -0.05) is 66.7 Å². The van der Waals surface area contributed by atoms with Crippen LogP contribution in [-0.4, -0.2) is 16.8 Å². The van der Waals surface area contributed by atoms with Crippen molar-refractivity contribution in [2.75, 3.05) is 4.90 Å². The summed E-state index contributed by atoms with van der Waals surface area (Å²) in [6.07, 6.45) is 0. The van der Waals surface area contributed by atoms with Gasteiger partial charge in [0.25, 0.3) is 11.8 Å². The number of hydrogen-bond donors (Lipinski definition) is 0. The van der Waals surface area contributed by atoms with Crippen molar-refractivity contribution < 1.29 is 9.59 Å². The number of carbonyl (C=O) groups is 2. The maximum atomic E-state index is 13.6. The van der Waals surface area contributed by atoms with Gasteiger partial charge in [-0.2, -0.15) is 0 Å². The third-order valence-electron chi connectivity index (χ3n) is 5.44. The molecule has 0 unspecified atom stereocenters. The van der Waals surface area contributed by atoms with E-state index in [2.05, 4.69) is 0 Å². The highest BCUT2D eigenvalue weighted by Crippen LogP contribution is 2.39. The summed E-state index contributed by atoms with van der Waals surface area (Å²) >= 11 is 0. The van der Waals surface area contributed by atoms with E-state index in [1.165, 1.54) is 4.90 Å². The molecule has 1 aliphatic heterocycles. The first-order chi connectivity index (χ1) is 14.1. The molecule has 2 heterocycles. The van der Waals surface area contributed by atoms with Gasteiger partial charge in [0.05, 0.1) is 28.0 Å². The fourth-order valence-electron chi connectivity index (χ4n) is 4.12. The van der Waals surface area contributed by atoms with Crippen LogP contribution in [0.3, 0.4) is 0 Å². The Morgan fingerprint density at radius 2 is 1.31 bits per heavy atom. The molecular formula is C25H18N2O2. The number of fused-ring (bicyclic) bond motifs is 3. The average molecular weight is 378 g/mol. The number of aromatic nitrogens is 1. The van der Waals surface area contributed by atoms with Crippen LogP contribution in [0.25, 0.3) is 22.2 Å². The van der Waals surface area contributed by atoms with Gasteiger partial charge in [0.2, 0.25) is 0 Å². The van der Waals surface area contributed by atoms with Crippen LogP contribution in [0.2, 0.25) is 0 Å². The number of rotatable bonds is 2. The summed E-state index contributed by atoms with van der Waals surface area (Å²) in [5.41, 5.74) is 5.31. The molecule has 0 saturated heterocycles. The SMILES string of the molecule is Cc1cccc(C)c1N1C(=O)c2c(-c3ccccc3)nc3ccccc3c2C1=O. The molecule has 29 heavy (non-hydrogen) atoms. The smallest absolute Gasteiger partial charge is 0.268 e. The number of aryl methyl sites for hydroxylation is 2. The largest absolute Gasteiger partial charge is 0.268 e. The summed E-state index contributed by atoms with van der Waals surface area (Å²) in [5.74, 6) is -0.613. The maximum absolute atomic E-state index is 13.6. The van der Waals surface area contributed by atoms with Gasteiger partial charge in [-0.25, -0.2) is 9.88 Å². The zero-order valence-electron chi connectivity index (χ0n) is 16.1. The minimum Gasteiger partial charge on any atom is -0.268 e. The lowest BCUT2D eigenvalue weighted by atomic mass is 9.98. The Kier molecular flexibility index (Phi) is 3.81. The van der Waals surface area contributed by atoms with Crippen molar-refractivity contribution in [1.82, 2.24) is 4.98 Å². The summed E-state index contributed by atoms with van der Waals surface area (Å²) in [7, 11) is 0. The zero-order valence-corrected chi connectivity index (χ0v) is 16.1. The number of carbonyl (C=O) groups excluding carboxylic acids is 2. The quantitative estimate of drug-likeness (QED) is 0.444. The van der Waals surface area contributed by atoms with Gasteiger partial charge in [0, 0.05) is 10.9 Å². The molecule has 140 valence electrons. The molecule has 0 radical (unpaired) electrons. The molecule has 5 rings (SSSR count). The fourth-order valence-corrected chi connectivity index (χ4v) is 4.12. The van der Waals surface area contributed by atoms with E-state index >= 15 is 0 Å². The molecule has 0 aliphatic carbocycles. The van der Waals surface area contributed by atoms with E-state index in [1.54, 1.807) is 0 Å². The van der Waals surface area contributed by atoms with Gasteiger partial charge in [-0.05, 0) is 31.0 Å². The summed E-state index contributed by atoms with van der Waals surface area (Å²) in [6.45, 7) is 3.83. The van der Waals surface area contributed by atoms with Crippen molar-refractivity contribution in [3.63, 3.8) is 0 Å². The molecule has 4 aromatic rings. The molecule has 0 spiro atoms. The highest BCUT2D eigenvalue weighted by Gasteiger charge is 2.42. The van der Waals surface area contributed by atoms with Crippen molar-refractivity contribution >= 4 is 28.4 Å². The van der Waals surface area contributed by atoms with E-state index in [0.29, 0.717) is 33.4 Å². The van der Waals surface area contributed by atoms with Crippen molar-refractivity contribution in [1.29, 1.82) is 0 Å². The van der Waals surface area contributed by atoms with Crippen molar-refractivity contribution in [2.24, 2.45) is 0 Å². The highest BCUT2D eigenvalue weighted by atomic mass is 16.2. The first-order valence-electron chi connectivity index (χ1n) is 9.51. The van der Waals surface area contributed by atoms with E-state index in [-0.39, 0.29) is 11.8 Å². The molecular weight excluding hydrogens is 360 g/mol. The number of nitrogens with zero attached hydrogens (tertiary/aromatic N) is 2. The first kappa shape index (κ1) is 17.3. The molecule has 4 nitrogen and oxygen atoms in total. The molecule has 1 aliphatic rings. The predicted molar refractivity (Wildman–Crippen MR) is 114 cm³/mol. The summed E-state index contributed by atoms with van der Waals surface area (Å²) in [4.78, 5) is 33.3. The first-order valence-corrected chi connectivity index (χ1v) is 9.51. The Morgan fingerprint density at radius 3 is 2.03 bits per heavy atom. The number of amides is 2. The van der Waals surface area contributed by atoms with Gasteiger partial charge in [-0.3, -0.25) is 9.59 Å². The standard InChI is InChI=1S/C25H18N2O2/c1-15-9-8-10-16(2)23(15)27-24(28)20-18-13-6-7-14-19(18)26-22(21(20)25(27)29)17-11-4-3-5-12-17/h3-14H,1-2H3. The second-order valence-electron chi connectivity index (χ2n) is 7.28. The van der Waals surface area contributed by atoms with Crippen LogP contribution < -0.4 is 4.90 Å². The van der Waals surface area contributed by atoms with Gasteiger partial charge < -0.3 is 0 Å². The minimum absolute atomic E-state index is 0.293. The van der Waals surface area contributed by atoms with Gasteiger partial charge in [0.15, 0.2) is 0 Å². The second kappa shape index (κ2) is 6.38. The van der Waals surface area contributed by atoms with Crippen molar-refractivity contribution in [3.8, 4) is 11.3 Å². The molecule has 0 atom stereocenters. The van der Waals surface area contributed by atoms with Gasteiger partial charge >= 0.3 is 0 Å². The van der Waals surface area contributed by atoms with Gasteiger partial charge in [-0.15, -0.1) is 0 Å². The Hall–Kier alpha value is -3.79. The Labute approximate surface area is 168 Å². The van der Waals surface area contributed by atoms with Crippen molar-refractivity contribution in [3.05, 3.63) is 95.1 Å². The predicted octanol–water partition coefficient (Wildman–Crippen LogP) is 5.32. The summed E-state index contributed by atoms with van der Waals surface area (Å²) < 4.78 is 0. The number of imide groups is 1. The number of para-hydroxylation sites is 2. The number of pyridine rings is 1. The molecule has 0 N–H and O–H groups in total. The molecule has 1 aromatic heterocycles. The summed E-state index contributed by atoms with van der Waals surface area (Å²) in [6, 6.07) is 22.8. The van der Waals surface area contributed by atoms with E-state index in [4.69, 9.17) is 4.98 Å². The summed E-state index contributed by atoms with van der Waals surface area (Å²) in [5, 5.41) is 0.703. The maximum Gasteiger partial charge on any atom is 0.268 e. The number of hydrogen-bond acceptors (Lipinski definition) is 3. The lowest BCUT2D eigenvalue weighted by Gasteiger charge is -2.19. The van der Waals surface area contributed by atoms with Crippen LogP contribution in [0.4, 0.5) is 5.69 Å². The lowest BCUT2D eigenvalue weighted by molar-refractivity contribution is 0.0926. The van der Waals surface area contributed by atoms with Crippen LogP contribution in [0.15, 0.2) is 72.8 Å². The third kappa shape index (κ3) is 2.49. The van der Waals surface area contributed by atoms with Crippen LogP contribution in [0.1, 0.15) is 31.8 Å². The van der Waals surface area contributed by atoms with Crippen LogP contribution in [0.5, 0.6) is 0 Å². The Morgan fingerprint density at radius 1 is 0.690 bits per heavy atom. The molecule has 0 saturated carbocycles. The van der Waals surface area contributed by atoms with E-state index in [0.717, 1.165) is 16.7 Å². The second-order valence-corrected chi connectivity index (χ2v) is 7.28.